The van der Waals surface area contributed by atoms with Crippen molar-refractivity contribution in [2.45, 2.75) is 36.1 Å². The van der Waals surface area contributed by atoms with Crippen molar-refractivity contribution in [3.8, 4) is 0 Å². The fourth-order valence-corrected chi connectivity index (χ4v) is 3.91. The number of fused-ring (bicyclic) bond motifs is 2. The summed E-state index contributed by atoms with van der Waals surface area (Å²) in [5.41, 5.74) is 3.18. The number of benzene rings is 2. The summed E-state index contributed by atoms with van der Waals surface area (Å²) in [7, 11) is 4.21. The highest BCUT2D eigenvalue weighted by molar-refractivity contribution is 7.99. The number of nitrogens with zero attached hydrogens (tertiary/aromatic N) is 2. The van der Waals surface area contributed by atoms with Crippen LogP contribution in [0.25, 0.3) is 0 Å². The van der Waals surface area contributed by atoms with E-state index in [1.165, 1.54) is 15.5 Å². The summed E-state index contributed by atoms with van der Waals surface area (Å²) >= 11 is 1.78. The van der Waals surface area contributed by atoms with Gasteiger partial charge in [0.15, 0.2) is 5.78 Å². The zero-order valence-corrected chi connectivity index (χ0v) is 18.0. The lowest BCUT2D eigenvalue weighted by Gasteiger charge is -2.36. The predicted molar refractivity (Wildman–Crippen MR) is 116 cm³/mol. The average Bonchev–Trinajstić information content (AvgIpc) is 2.60. The minimum atomic E-state index is 0. The van der Waals surface area contributed by atoms with Crippen LogP contribution in [-0.2, 0) is 0 Å². The molecule has 2 aromatic carbocycles. The van der Waals surface area contributed by atoms with E-state index >= 15 is 0 Å². The van der Waals surface area contributed by atoms with Crippen LogP contribution in [0.3, 0.4) is 0 Å². The molecule has 1 atom stereocenters. The fraction of sp³-hybridized carbons (Fsp3) is 0.350. The summed E-state index contributed by atoms with van der Waals surface area (Å²) in [4.78, 5) is 19.2. The molecule has 142 valence electrons. The van der Waals surface area contributed by atoms with Gasteiger partial charge in [0.2, 0.25) is 0 Å². The van der Waals surface area contributed by atoms with Crippen LogP contribution in [0.4, 0.5) is 11.4 Å². The van der Waals surface area contributed by atoms with Crippen LogP contribution in [-0.4, -0.2) is 37.4 Å². The lowest BCUT2D eigenvalue weighted by Crippen LogP contribution is -2.37. The molecule has 3 nitrogen and oxygen atoms in total. The van der Waals surface area contributed by atoms with Gasteiger partial charge in [0, 0.05) is 34.4 Å². The third-order valence-corrected chi connectivity index (χ3v) is 5.73. The number of likely N-dealkylation sites (N-methyl/N-ethyl adjacent to an activating group) is 1. The quantitative estimate of drug-likeness (QED) is 0.589. The van der Waals surface area contributed by atoms with Gasteiger partial charge < -0.3 is 9.80 Å². The first-order valence-corrected chi connectivity index (χ1v) is 9.21. The second-order valence-corrected chi connectivity index (χ2v) is 7.54. The first-order chi connectivity index (χ1) is 11.5. The molecular weight excluding hydrogens is 387 g/mol. The summed E-state index contributed by atoms with van der Waals surface area (Å²) in [6.45, 7) is 5.03. The Balaban J connectivity index is 0.00000169. The number of Topliss-reactive ketones (excluding diaryl/α,β-unsaturated/α-hetero) is 1. The third kappa shape index (κ3) is 4.55. The van der Waals surface area contributed by atoms with Crippen LogP contribution >= 0.6 is 36.6 Å². The molecule has 0 saturated heterocycles. The number of hydrogen-bond donors (Lipinski definition) is 0. The number of carbonyl (C=O) groups excluding carboxylic acids is 1. The molecule has 0 N–H and O–H groups in total. The van der Waals surface area contributed by atoms with Crippen molar-refractivity contribution < 1.29 is 4.79 Å². The Bertz CT molecular complexity index is 767. The summed E-state index contributed by atoms with van der Waals surface area (Å²) < 4.78 is 0. The van der Waals surface area contributed by atoms with E-state index < -0.39 is 0 Å². The lowest BCUT2D eigenvalue weighted by molar-refractivity contribution is 0.0988. The van der Waals surface area contributed by atoms with Crippen molar-refractivity contribution in [2.75, 3.05) is 25.5 Å². The van der Waals surface area contributed by atoms with Gasteiger partial charge in [-0.1, -0.05) is 36.9 Å². The summed E-state index contributed by atoms with van der Waals surface area (Å²) in [6, 6.07) is 15.0. The molecule has 1 aliphatic heterocycles. The number of para-hydroxylation sites is 1. The van der Waals surface area contributed by atoms with Crippen molar-refractivity contribution in [3.63, 3.8) is 0 Å². The van der Waals surface area contributed by atoms with Crippen LogP contribution in [0, 0.1) is 0 Å². The molecule has 3 rings (SSSR count). The Morgan fingerprint density at radius 3 is 2.38 bits per heavy atom. The first-order valence-electron chi connectivity index (χ1n) is 8.39. The van der Waals surface area contributed by atoms with Crippen LogP contribution in [0.1, 0.15) is 30.6 Å². The van der Waals surface area contributed by atoms with Crippen molar-refractivity contribution in [1.82, 2.24) is 4.90 Å². The van der Waals surface area contributed by atoms with E-state index in [1.807, 2.05) is 13.0 Å². The van der Waals surface area contributed by atoms with Crippen LogP contribution in [0.2, 0.25) is 0 Å². The van der Waals surface area contributed by atoms with E-state index in [4.69, 9.17) is 0 Å². The Labute approximate surface area is 173 Å². The van der Waals surface area contributed by atoms with Crippen LogP contribution < -0.4 is 4.90 Å². The summed E-state index contributed by atoms with van der Waals surface area (Å²) in [5.74, 6) is 0.197. The van der Waals surface area contributed by atoms with Gasteiger partial charge in [0.1, 0.15) is 0 Å². The molecule has 0 bridgehead atoms. The number of halogens is 2. The highest BCUT2D eigenvalue weighted by Gasteiger charge is 2.25. The second kappa shape index (κ2) is 9.65. The van der Waals surface area contributed by atoms with Gasteiger partial charge in [-0.3, -0.25) is 4.79 Å². The van der Waals surface area contributed by atoms with Crippen molar-refractivity contribution >= 4 is 53.7 Å². The summed E-state index contributed by atoms with van der Waals surface area (Å²) in [5, 5.41) is 0. The van der Waals surface area contributed by atoms with Crippen molar-refractivity contribution in [1.29, 1.82) is 0 Å². The van der Waals surface area contributed by atoms with E-state index in [0.29, 0.717) is 12.5 Å². The largest absolute Gasteiger partial charge is 0.338 e. The second-order valence-electron chi connectivity index (χ2n) is 6.45. The SMILES string of the molecule is CCC(=O)c1ccc2c(c1)N(CC(C)N(C)C)c1ccccc1S2.Cl.Cl. The Hall–Kier alpha value is -1.20. The maximum absolute atomic E-state index is 12.1. The van der Waals surface area contributed by atoms with Gasteiger partial charge in [-0.25, -0.2) is 0 Å². The highest BCUT2D eigenvalue weighted by Crippen LogP contribution is 2.48. The topological polar surface area (TPSA) is 23.6 Å². The zero-order valence-electron chi connectivity index (χ0n) is 15.6. The number of ketones is 1. The average molecular weight is 413 g/mol. The van der Waals surface area contributed by atoms with Gasteiger partial charge in [-0.2, -0.15) is 0 Å². The van der Waals surface area contributed by atoms with E-state index in [2.05, 4.69) is 67.2 Å². The normalized spacial score (nSPS) is 13.2. The Morgan fingerprint density at radius 2 is 1.73 bits per heavy atom. The summed E-state index contributed by atoms with van der Waals surface area (Å²) in [6.07, 6.45) is 0.538. The fourth-order valence-electron chi connectivity index (χ4n) is 2.83. The van der Waals surface area contributed by atoms with Crippen LogP contribution in [0.5, 0.6) is 0 Å². The lowest BCUT2D eigenvalue weighted by atomic mass is 10.1. The number of carbonyl (C=O) groups is 1. The van der Waals surface area contributed by atoms with E-state index in [-0.39, 0.29) is 30.6 Å². The molecule has 0 spiro atoms. The molecule has 6 heteroatoms. The van der Waals surface area contributed by atoms with E-state index in [0.717, 1.165) is 17.8 Å². The molecule has 0 aromatic heterocycles. The Kier molecular flexibility index (Phi) is 8.48. The third-order valence-electron chi connectivity index (χ3n) is 4.60. The smallest absolute Gasteiger partial charge is 0.162 e. The van der Waals surface area contributed by atoms with Crippen LogP contribution in [0.15, 0.2) is 52.3 Å². The highest BCUT2D eigenvalue weighted by atomic mass is 35.5. The van der Waals surface area contributed by atoms with Gasteiger partial charge in [-0.05, 0) is 45.3 Å². The maximum Gasteiger partial charge on any atom is 0.162 e. The van der Waals surface area contributed by atoms with Crippen molar-refractivity contribution in [3.05, 3.63) is 48.0 Å². The van der Waals surface area contributed by atoms with E-state index in [1.54, 1.807) is 11.8 Å². The zero-order chi connectivity index (χ0) is 17.3. The molecule has 0 radical (unpaired) electrons. The molecule has 1 unspecified atom stereocenters. The van der Waals surface area contributed by atoms with Crippen molar-refractivity contribution in [2.24, 2.45) is 0 Å². The van der Waals surface area contributed by atoms with Gasteiger partial charge in [0.25, 0.3) is 0 Å². The van der Waals surface area contributed by atoms with Gasteiger partial charge in [0.05, 0.1) is 11.4 Å². The monoisotopic (exact) mass is 412 g/mol. The molecule has 2 aromatic rings. The molecule has 0 amide bonds. The van der Waals surface area contributed by atoms with E-state index in [9.17, 15) is 4.79 Å². The number of anilines is 2. The Morgan fingerprint density at radius 1 is 1.08 bits per heavy atom. The molecule has 26 heavy (non-hydrogen) atoms. The minimum absolute atomic E-state index is 0. The molecular formula is C20H26Cl2N2OS. The molecule has 0 saturated carbocycles. The van der Waals surface area contributed by atoms with Gasteiger partial charge in [-0.15, -0.1) is 24.8 Å². The predicted octanol–water partition coefficient (Wildman–Crippen LogP) is 5.68. The maximum atomic E-state index is 12.1. The molecule has 1 heterocycles. The first kappa shape index (κ1) is 22.8. The number of rotatable bonds is 5. The molecule has 0 fully saturated rings. The van der Waals surface area contributed by atoms with Gasteiger partial charge >= 0.3 is 0 Å². The minimum Gasteiger partial charge on any atom is -0.338 e. The standard InChI is InChI=1S/C20H24N2OS.2ClH/c1-5-18(23)15-10-11-20-17(12-15)22(13-14(2)21(3)4)16-8-6-7-9-19(16)24-20;;/h6-12,14H,5,13H2,1-4H3;2*1H. The molecule has 1 aliphatic rings. The number of hydrogen-bond acceptors (Lipinski definition) is 4. The molecule has 0 aliphatic carbocycles.